The van der Waals surface area contributed by atoms with Crippen LogP contribution in [0.25, 0.3) is 5.57 Å². The molecular weight excluding hydrogens is 438 g/mol. The fourth-order valence-electron chi connectivity index (χ4n) is 3.99. The van der Waals surface area contributed by atoms with E-state index in [9.17, 15) is 22.0 Å². The number of hydrogen-bond acceptors (Lipinski definition) is 4. The quantitative estimate of drug-likeness (QED) is 0.493. The maximum Gasteiger partial charge on any atom is 0.259 e. The van der Waals surface area contributed by atoms with Crippen LogP contribution in [0.3, 0.4) is 0 Å². The standard InChI is InChI=1S/C23H20F2N2O4S/c1-3-10-26-21-8-7-18(13-19(21)15(2)23(26)28)32(29,30)27-11-4-5-17(27)14-31-22-9-6-16(24)12-20(22)25/h1,6-9,12-13,17H,2,4-5,10-11,14H2/t17-/m0/s1. The van der Waals surface area contributed by atoms with Crippen LogP contribution in [0.5, 0.6) is 5.75 Å². The maximum absolute atomic E-state index is 13.9. The summed E-state index contributed by atoms with van der Waals surface area (Å²) < 4.78 is 60.4. The number of carbonyl (C=O) groups is 1. The molecule has 0 radical (unpaired) electrons. The van der Waals surface area contributed by atoms with Crippen molar-refractivity contribution in [2.45, 2.75) is 23.8 Å². The summed E-state index contributed by atoms with van der Waals surface area (Å²) in [5.41, 5.74) is 1.12. The van der Waals surface area contributed by atoms with Gasteiger partial charge in [0.15, 0.2) is 11.6 Å². The first kappa shape index (κ1) is 22.0. The van der Waals surface area contributed by atoms with Crippen LogP contribution in [0.1, 0.15) is 18.4 Å². The lowest BCUT2D eigenvalue weighted by molar-refractivity contribution is -0.112. The molecule has 9 heteroatoms. The van der Waals surface area contributed by atoms with Crippen molar-refractivity contribution in [1.82, 2.24) is 4.31 Å². The third-order valence-corrected chi connectivity index (χ3v) is 7.54. The monoisotopic (exact) mass is 458 g/mol. The van der Waals surface area contributed by atoms with E-state index in [2.05, 4.69) is 12.5 Å². The van der Waals surface area contributed by atoms with Gasteiger partial charge in [-0.3, -0.25) is 9.69 Å². The third-order valence-electron chi connectivity index (χ3n) is 5.59. The first-order valence-electron chi connectivity index (χ1n) is 9.92. The smallest absolute Gasteiger partial charge is 0.259 e. The van der Waals surface area contributed by atoms with E-state index in [0.29, 0.717) is 30.2 Å². The molecule has 2 heterocycles. The van der Waals surface area contributed by atoms with Gasteiger partial charge in [-0.1, -0.05) is 12.5 Å². The highest BCUT2D eigenvalue weighted by Crippen LogP contribution is 2.38. The van der Waals surface area contributed by atoms with Gasteiger partial charge in [0.1, 0.15) is 12.4 Å². The molecule has 2 aromatic rings. The summed E-state index contributed by atoms with van der Waals surface area (Å²) in [6, 6.07) is 6.84. The third kappa shape index (κ3) is 3.76. The molecule has 1 amide bonds. The number of nitrogens with zero attached hydrogens (tertiary/aromatic N) is 2. The van der Waals surface area contributed by atoms with E-state index in [1.165, 1.54) is 27.4 Å². The van der Waals surface area contributed by atoms with Crippen molar-refractivity contribution in [2.24, 2.45) is 0 Å². The van der Waals surface area contributed by atoms with E-state index in [-0.39, 0.29) is 41.8 Å². The zero-order valence-electron chi connectivity index (χ0n) is 17.1. The number of benzene rings is 2. The van der Waals surface area contributed by atoms with Gasteiger partial charge in [-0.25, -0.2) is 17.2 Å². The number of sulfonamides is 1. The Morgan fingerprint density at radius 1 is 1.22 bits per heavy atom. The molecule has 1 fully saturated rings. The Morgan fingerprint density at radius 2 is 2.00 bits per heavy atom. The van der Waals surface area contributed by atoms with Crippen molar-refractivity contribution in [1.29, 1.82) is 0 Å². The summed E-state index contributed by atoms with van der Waals surface area (Å²) in [6.07, 6.45) is 6.48. The second-order valence-corrected chi connectivity index (χ2v) is 9.44. The summed E-state index contributed by atoms with van der Waals surface area (Å²) in [5.74, 6) is 0.330. The van der Waals surface area contributed by atoms with Crippen LogP contribution in [-0.2, 0) is 14.8 Å². The van der Waals surface area contributed by atoms with E-state index in [4.69, 9.17) is 11.2 Å². The minimum Gasteiger partial charge on any atom is -0.489 e. The zero-order valence-corrected chi connectivity index (χ0v) is 17.9. The average Bonchev–Trinajstić information content (AvgIpc) is 3.33. The van der Waals surface area contributed by atoms with Crippen LogP contribution in [0.15, 0.2) is 47.9 Å². The zero-order chi connectivity index (χ0) is 23.0. The molecule has 2 aliphatic rings. The number of rotatable bonds is 6. The number of halogens is 2. The van der Waals surface area contributed by atoms with Crippen LogP contribution < -0.4 is 9.64 Å². The van der Waals surface area contributed by atoms with Gasteiger partial charge in [0.05, 0.1) is 23.2 Å². The SMILES string of the molecule is C#CCN1C(=O)C(=C)c2cc(S(=O)(=O)N3CCC[C@H]3COc3ccc(F)cc3F)ccc21. The fourth-order valence-corrected chi connectivity index (χ4v) is 5.70. The average molecular weight is 458 g/mol. The van der Waals surface area contributed by atoms with E-state index >= 15 is 0 Å². The number of fused-ring (bicyclic) bond motifs is 1. The molecule has 2 aromatic carbocycles. The lowest BCUT2D eigenvalue weighted by Gasteiger charge is -2.24. The number of anilines is 1. The van der Waals surface area contributed by atoms with Gasteiger partial charge < -0.3 is 4.74 Å². The Labute approximate surface area is 185 Å². The summed E-state index contributed by atoms with van der Waals surface area (Å²) in [6.45, 7) is 4.03. The molecule has 4 rings (SSSR count). The van der Waals surface area contributed by atoms with Crippen LogP contribution in [0.4, 0.5) is 14.5 Å². The van der Waals surface area contributed by atoms with E-state index in [1.54, 1.807) is 6.07 Å². The van der Waals surface area contributed by atoms with Gasteiger partial charge in [0.2, 0.25) is 10.0 Å². The topological polar surface area (TPSA) is 66.9 Å². The molecule has 0 aliphatic carbocycles. The highest BCUT2D eigenvalue weighted by molar-refractivity contribution is 7.89. The highest BCUT2D eigenvalue weighted by Gasteiger charge is 2.38. The Kier molecular flexibility index (Phi) is 5.75. The van der Waals surface area contributed by atoms with Gasteiger partial charge >= 0.3 is 0 Å². The van der Waals surface area contributed by atoms with Crippen molar-refractivity contribution in [3.8, 4) is 18.1 Å². The Bertz CT molecular complexity index is 1250. The summed E-state index contributed by atoms with van der Waals surface area (Å²) >= 11 is 0. The van der Waals surface area contributed by atoms with Crippen molar-refractivity contribution in [3.05, 3.63) is 60.2 Å². The summed E-state index contributed by atoms with van der Waals surface area (Å²) in [4.78, 5) is 13.8. The van der Waals surface area contributed by atoms with Gasteiger partial charge in [0.25, 0.3) is 5.91 Å². The second kappa shape index (κ2) is 8.37. The van der Waals surface area contributed by atoms with Crippen LogP contribution in [0.2, 0.25) is 0 Å². The summed E-state index contributed by atoms with van der Waals surface area (Å²) in [5, 5.41) is 0. The normalized spacial score (nSPS) is 18.7. The number of ether oxygens (including phenoxy) is 1. The Hall–Kier alpha value is -3.22. The van der Waals surface area contributed by atoms with E-state index < -0.39 is 27.7 Å². The largest absolute Gasteiger partial charge is 0.489 e. The Balaban J connectivity index is 1.57. The molecule has 0 saturated carbocycles. The molecule has 0 N–H and O–H groups in total. The molecule has 6 nitrogen and oxygen atoms in total. The van der Waals surface area contributed by atoms with Crippen LogP contribution in [-0.4, -0.2) is 44.4 Å². The number of carbonyl (C=O) groups excluding carboxylic acids is 1. The lowest BCUT2D eigenvalue weighted by atomic mass is 10.1. The molecule has 0 aromatic heterocycles. The van der Waals surface area contributed by atoms with Crippen molar-refractivity contribution >= 4 is 27.2 Å². The molecule has 166 valence electrons. The van der Waals surface area contributed by atoms with E-state index in [1.807, 2.05) is 0 Å². The maximum atomic E-state index is 13.9. The lowest BCUT2D eigenvalue weighted by Crippen LogP contribution is -2.39. The highest BCUT2D eigenvalue weighted by atomic mass is 32.2. The first-order valence-corrected chi connectivity index (χ1v) is 11.4. The molecule has 0 spiro atoms. The predicted octanol–water partition coefficient (Wildman–Crippen LogP) is 3.19. The minimum atomic E-state index is -3.91. The van der Waals surface area contributed by atoms with E-state index in [0.717, 1.165) is 6.07 Å². The van der Waals surface area contributed by atoms with Crippen molar-refractivity contribution < 1.29 is 26.7 Å². The second-order valence-electron chi connectivity index (χ2n) is 7.55. The molecule has 0 bridgehead atoms. The molecule has 0 unspecified atom stereocenters. The fraction of sp³-hybridized carbons (Fsp3) is 0.261. The number of terminal acetylenes is 1. The van der Waals surface area contributed by atoms with Crippen molar-refractivity contribution in [3.63, 3.8) is 0 Å². The first-order chi connectivity index (χ1) is 15.2. The number of hydrogen-bond donors (Lipinski definition) is 0. The Morgan fingerprint density at radius 3 is 2.72 bits per heavy atom. The molecule has 1 saturated heterocycles. The molecule has 32 heavy (non-hydrogen) atoms. The van der Waals surface area contributed by atoms with Crippen LogP contribution >= 0.6 is 0 Å². The minimum absolute atomic E-state index is 0.0209. The van der Waals surface area contributed by atoms with Crippen LogP contribution in [0, 0.1) is 24.0 Å². The predicted molar refractivity (Wildman–Crippen MR) is 115 cm³/mol. The molecular formula is C23H20F2N2O4S. The van der Waals surface area contributed by atoms with Gasteiger partial charge in [-0.05, 0) is 43.2 Å². The van der Waals surface area contributed by atoms with Gasteiger partial charge in [-0.15, -0.1) is 6.42 Å². The summed E-state index contributed by atoms with van der Waals surface area (Å²) in [7, 11) is -3.91. The van der Waals surface area contributed by atoms with Gasteiger partial charge in [-0.2, -0.15) is 4.31 Å². The molecule has 1 atom stereocenters. The number of amides is 1. The van der Waals surface area contributed by atoms with Gasteiger partial charge in [0, 0.05) is 23.7 Å². The molecule has 2 aliphatic heterocycles. The van der Waals surface area contributed by atoms with Crippen molar-refractivity contribution in [2.75, 3.05) is 24.6 Å².